The van der Waals surface area contributed by atoms with Gasteiger partial charge in [-0.25, -0.2) is 0 Å². The zero-order chi connectivity index (χ0) is 12.4. The monoisotopic (exact) mass is 262 g/mol. The molecule has 0 aliphatic carbocycles. The number of benzene rings is 1. The highest BCUT2D eigenvalue weighted by Gasteiger charge is 2.40. The second-order valence-electron chi connectivity index (χ2n) is 5.09. The molecule has 1 aromatic carbocycles. The molecule has 1 N–H and O–H groups in total. The van der Waals surface area contributed by atoms with Gasteiger partial charge >= 0.3 is 0 Å². The smallest absolute Gasteiger partial charge is 0.231 e. The number of amides is 1. The minimum atomic E-state index is 0.0459. The van der Waals surface area contributed by atoms with Crippen LogP contribution in [0.5, 0.6) is 0 Å². The topological polar surface area (TPSA) is 32.3 Å². The molecular weight excluding hydrogens is 244 g/mol. The van der Waals surface area contributed by atoms with Crippen LogP contribution in [-0.2, 0) is 11.3 Å². The van der Waals surface area contributed by atoms with Gasteiger partial charge in [0.2, 0.25) is 5.91 Å². The first-order chi connectivity index (χ1) is 8.76. The highest BCUT2D eigenvalue weighted by Crippen LogP contribution is 2.37. The summed E-state index contributed by atoms with van der Waals surface area (Å²) in [6.07, 6.45) is 2.13. The fourth-order valence-electron chi connectivity index (χ4n) is 2.71. The highest BCUT2D eigenvalue weighted by atomic mass is 32.2. The minimum Gasteiger partial charge on any atom is -0.341 e. The molecule has 0 atom stereocenters. The molecule has 1 aromatic rings. The Morgan fingerprint density at radius 1 is 1.22 bits per heavy atom. The van der Waals surface area contributed by atoms with E-state index in [-0.39, 0.29) is 10.8 Å². The first-order valence-corrected chi connectivity index (χ1v) is 7.46. The SMILES string of the molecule is O=C1CSC2(CCN(Cc3ccccc3)CC2)N1. The van der Waals surface area contributed by atoms with E-state index in [9.17, 15) is 4.79 Å². The van der Waals surface area contributed by atoms with Crippen molar-refractivity contribution in [3.05, 3.63) is 35.9 Å². The van der Waals surface area contributed by atoms with Crippen molar-refractivity contribution in [2.75, 3.05) is 18.8 Å². The van der Waals surface area contributed by atoms with Crippen molar-refractivity contribution in [2.24, 2.45) is 0 Å². The van der Waals surface area contributed by atoms with E-state index in [2.05, 4.69) is 40.5 Å². The molecule has 1 amide bonds. The molecule has 0 bridgehead atoms. The predicted octanol–water partition coefficient (Wildman–Crippen LogP) is 1.84. The maximum absolute atomic E-state index is 11.3. The average molecular weight is 262 g/mol. The maximum atomic E-state index is 11.3. The van der Waals surface area contributed by atoms with Gasteiger partial charge in [-0.3, -0.25) is 9.69 Å². The van der Waals surface area contributed by atoms with Crippen molar-refractivity contribution in [1.29, 1.82) is 0 Å². The van der Waals surface area contributed by atoms with Gasteiger partial charge in [-0.05, 0) is 18.4 Å². The summed E-state index contributed by atoms with van der Waals surface area (Å²) in [6, 6.07) is 10.6. The number of piperidine rings is 1. The minimum absolute atomic E-state index is 0.0459. The van der Waals surface area contributed by atoms with Gasteiger partial charge in [0.1, 0.15) is 0 Å². The normalized spacial score (nSPS) is 23.2. The van der Waals surface area contributed by atoms with Crippen molar-refractivity contribution < 1.29 is 4.79 Å². The van der Waals surface area contributed by atoms with E-state index in [0.717, 1.165) is 32.5 Å². The number of hydrogen-bond donors (Lipinski definition) is 1. The van der Waals surface area contributed by atoms with Crippen LogP contribution in [0.2, 0.25) is 0 Å². The Morgan fingerprint density at radius 3 is 2.56 bits per heavy atom. The zero-order valence-corrected chi connectivity index (χ0v) is 11.2. The quantitative estimate of drug-likeness (QED) is 0.882. The summed E-state index contributed by atoms with van der Waals surface area (Å²) < 4.78 is 0. The van der Waals surface area contributed by atoms with Crippen LogP contribution in [0.3, 0.4) is 0 Å². The predicted molar refractivity (Wildman–Crippen MR) is 74.3 cm³/mol. The van der Waals surface area contributed by atoms with Gasteiger partial charge in [0.05, 0.1) is 10.6 Å². The maximum Gasteiger partial charge on any atom is 0.231 e. The van der Waals surface area contributed by atoms with Gasteiger partial charge in [-0.2, -0.15) is 0 Å². The number of likely N-dealkylation sites (tertiary alicyclic amines) is 1. The lowest BCUT2D eigenvalue weighted by Crippen LogP contribution is -2.49. The molecule has 0 aromatic heterocycles. The number of thioether (sulfide) groups is 1. The second-order valence-corrected chi connectivity index (χ2v) is 6.45. The summed E-state index contributed by atoms with van der Waals surface area (Å²) in [4.78, 5) is 13.9. The molecule has 0 saturated carbocycles. The van der Waals surface area contributed by atoms with Crippen molar-refractivity contribution in [3.63, 3.8) is 0 Å². The lowest BCUT2D eigenvalue weighted by atomic mass is 10.0. The fraction of sp³-hybridized carbons (Fsp3) is 0.500. The van der Waals surface area contributed by atoms with Crippen molar-refractivity contribution >= 4 is 17.7 Å². The van der Waals surface area contributed by atoms with Gasteiger partial charge in [0, 0.05) is 19.6 Å². The van der Waals surface area contributed by atoms with Crippen LogP contribution in [0.1, 0.15) is 18.4 Å². The fourth-order valence-corrected chi connectivity index (χ4v) is 3.85. The summed E-state index contributed by atoms with van der Waals surface area (Å²) in [5.74, 6) is 0.843. The van der Waals surface area contributed by atoms with Crippen LogP contribution in [0.25, 0.3) is 0 Å². The first-order valence-electron chi connectivity index (χ1n) is 6.47. The third kappa shape index (κ3) is 2.54. The number of carbonyl (C=O) groups is 1. The van der Waals surface area contributed by atoms with E-state index in [1.165, 1.54) is 5.56 Å². The number of nitrogens with one attached hydrogen (secondary N) is 1. The summed E-state index contributed by atoms with van der Waals surface area (Å²) in [6.45, 7) is 3.17. The largest absolute Gasteiger partial charge is 0.341 e. The van der Waals surface area contributed by atoms with E-state index < -0.39 is 0 Å². The molecule has 0 unspecified atom stereocenters. The van der Waals surface area contributed by atoms with Crippen LogP contribution >= 0.6 is 11.8 Å². The average Bonchev–Trinajstić information content (AvgIpc) is 2.75. The van der Waals surface area contributed by atoms with Crippen LogP contribution in [0.4, 0.5) is 0 Å². The molecule has 0 radical (unpaired) electrons. The lowest BCUT2D eigenvalue weighted by Gasteiger charge is -2.38. The highest BCUT2D eigenvalue weighted by molar-refractivity contribution is 8.01. The van der Waals surface area contributed by atoms with E-state index in [4.69, 9.17) is 0 Å². The Bertz CT molecular complexity index is 427. The summed E-state index contributed by atoms with van der Waals surface area (Å²) in [5, 5.41) is 3.15. The molecule has 96 valence electrons. The number of carbonyl (C=O) groups excluding carboxylic acids is 1. The van der Waals surface area contributed by atoms with Crippen molar-refractivity contribution in [1.82, 2.24) is 10.2 Å². The van der Waals surface area contributed by atoms with Crippen molar-refractivity contribution in [3.8, 4) is 0 Å². The molecule has 2 aliphatic rings. The van der Waals surface area contributed by atoms with Crippen molar-refractivity contribution in [2.45, 2.75) is 24.3 Å². The van der Waals surface area contributed by atoms with E-state index >= 15 is 0 Å². The van der Waals surface area contributed by atoms with Gasteiger partial charge in [0.15, 0.2) is 0 Å². The van der Waals surface area contributed by atoms with Crippen LogP contribution in [-0.4, -0.2) is 34.5 Å². The summed E-state index contributed by atoms with van der Waals surface area (Å²) in [5.41, 5.74) is 1.37. The molecule has 3 nitrogen and oxygen atoms in total. The Hall–Kier alpha value is -1.00. The molecular formula is C14H18N2OS. The summed E-state index contributed by atoms with van der Waals surface area (Å²) >= 11 is 1.79. The van der Waals surface area contributed by atoms with Gasteiger partial charge < -0.3 is 5.32 Å². The summed E-state index contributed by atoms with van der Waals surface area (Å²) in [7, 11) is 0. The Kier molecular flexibility index (Phi) is 3.31. The van der Waals surface area contributed by atoms with Crippen LogP contribution < -0.4 is 5.32 Å². The zero-order valence-electron chi connectivity index (χ0n) is 10.4. The third-order valence-electron chi connectivity index (χ3n) is 3.76. The number of hydrogen-bond acceptors (Lipinski definition) is 3. The molecule has 2 aliphatic heterocycles. The van der Waals surface area contributed by atoms with Crippen LogP contribution in [0.15, 0.2) is 30.3 Å². The Labute approximate surface area is 112 Å². The van der Waals surface area contributed by atoms with Gasteiger partial charge in [-0.1, -0.05) is 30.3 Å². The lowest BCUT2D eigenvalue weighted by molar-refractivity contribution is -0.119. The molecule has 18 heavy (non-hydrogen) atoms. The number of rotatable bonds is 2. The second kappa shape index (κ2) is 4.94. The molecule has 2 fully saturated rings. The molecule has 4 heteroatoms. The van der Waals surface area contributed by atoms with Gasteiger partial charge in [-0.15, -0.1) is 11.8 Å². The Balaban J connectivity index is 1.56. The first kappa shape index (κ1) is 12.1. The Morgan fingerprint density at radius 2 is 1.94 bits per heavy atom. The van der Waals surface area contributed by atoms with Crippen LogP contribution in [0, 0.1) is 0 Å². The molecule has 1 spiro atoms. The molecule has 2 heterocycles. The standard InChI is InChI=1S/C14H18N2OS/c17-13-11-18-14(15-13)6-8-16(9-7-14)10-12-4-2-1-3-5-12/h1-5H,6-11H2,(H,15,17). The molecule has 3 rings (SSSR count). The van der Waals surface area contributed by atoms with E-state index in [1.807, 2.05) is 0 Å². The third-order valence-corrected chi connectivity index (χ3v) is 5.23. The van der Waals surface area contributed by atoms with Gasteiger partial charge in [0.25, 0.3) is 0 Å². The number of nitrogens with zero attached hydrogens (tertiary/aromatic N) is 1. The van der Waals surface area contributed by atoms with E-state index in [1.54, 1.807) is 11.8 Å². The molecule has 2 saturated heterocycles. The van der Waals surface area contributed by atoms with E-state index in [0.29, 0.717) is 5.75 Å².